The van der Waals surface area contributed by atoms with Gasteiger partial charge < -0.3 is 5.11 Å². The number of pyridine rings is 1. The number of rotatable bonds is 6. The number of aryl methyl sites for hydroxylation is 1. The molecule has 2 heteroatoms. The van der Waals surface area contributed by atoms with Gasteiger partial charge >= 0.3 is 0 Å². The van der Waals surface area contributed by atoms with Crippen molar-refractivity contribution >= 4 is 10.9 Å². The fourth-order valence-electron chi connectivity index (χ4n) is 2.75. The van der Waals surface area contributed by atoms with Gasteiger partial charge in [-0.25, -0.2) is 0 Å². The van der Waals surface area contributed by atoms with Crippen molar-refractivity contribution in [2.75, 3.05) is 0 Å². The fraction of sp³-hybridized carbons (Fsp3) is 0.500. The Morgan fingerprint density at radius 2 is 1.95 bits per heavy atom. The number of benzene rings is 1. The second kappa shape index (κ2) is 6.85. The van der Waals surface area contributed by atoms with Crippen molar-refractivity contribution in [3.8, 4) is 0 Å². The third-order valence-corrected chi connectivity index (χ3v) is 4.09. The normalized spacial score (nSPS) is 14.4. The van der Waals surface area contributed by atoms with Crippen LogP contribution in [0.25, 0.3) is 10.9 Å². The maximum Gasteiger partial charge on any atom is 0.0818 e. The topological polar surface area (TPSA) is 33.1 Å². The number of hydrogen-bond acceptors (Lipinski definition) is 2. The highest BCUT2D eigenvalue weighted by molar-refractivity contribution is 5.79. The van der Waals surface area contributed by atoms with Crippen LogP contribution in [0.1, 0.15) is 56.9 Å². The van der Waals surface area contributed by atoms with Crippen LogP contribution in [0.5, 0.6) is 0 Å². The van der Waals surface area contributed by atoms with Crippen LogP contribution in [-0.4, -0.2) is 10.1 Å². The summed E-state index contributed by atoms with van der Waals surface area (Å²) >= 11 is 0. The lowest BCUT2D eigenvalue weighted by molar-refractivity contribution is 0.0990. The van der Waals surface area contributed by atoms with Gasteiger partial charge in [-0.15, -0.1) is 0 Å². The van der Waals surface area contributed by atoms with E-state index in [-0.39, 0.29) is 6.10 Å². The molecule has 1 aromatic carbocycles. The molecule has 0 fully saturated rings. The third-order valence-electron chi connectivity index (χ3n) is 4.09. The molecule has 1 aromatic heterocycles. The van der Waals surface area contributed by atoms with E-state index in [2.05, 4.69) is 31.0 Å². The predicted molar refractivity (Wildman–Crippen MR) is 84.7 cm³/mol. The second-order valence-corrected chi connectivity index (χ2v) is 5.66. The Morgan fingerprint density at radius 1 is 1.15 bits per heavy atom. The molecule has 1 N–H and O–H groups in total. The van der Waals surface area contributed by atoms with Gasteiger partial charge in [0.1, 0.15) is 0 Å². The SMILES string of the molecule is CCCCC(CC)C(O)c1ccc2nc(C)ccc2c1. The molecule has 20 heavy (non-hydrogen) atoms. The summed E-state index contributed by atoms with van der Waals surface area (Å²) in [5, 5.41) is 11.7. The lowest BCUT2D eigenvalue weighted by Gasteiger charge is -2.22. The van der Waals surface area contributed by atoms with Crippen molar-refractivity contribution in [3.63, 3.8) is 0 Å². The van der Waals surface area contributed by atoms with Crippen LogP contribution in [0.15, 0.2) is 30.3 Å². The molecular formula is C18H25NO. The molecule has 0 saturated heterocycles. The Balaban J connectivity index is 2.24. The molecular weight excluding hydrogens is 246 g/mol. The first-order valence-electron chi connectivity index (χ1n) is 7.71. The lowest BCUT2D eigenvalue weighted by Crippen LogP contribution is -2.12. The quantitative estimate of drug-likeness (QED) is 0.819. The summed E-state index contributed by atoms with van der Waals surface area (Å²) in [5.41, 5.74) is 3.05. The third kappa shape index (κ3) is 3.37. The number of fused-ring (bicyclic) bond motifs is 1. The van der Waals surface area contributed by atoms with Crippen LogP contribution in [0.3, 0.4) is 0 Å². The average Bonchev–Trinajstić information content (AvgIpc) is 2.47. The van der Waals surface area contributed by atoms with Crippen LogP contribution in [0, 0.1) is 12.8 Å². The second-order valence-electron chi connectivity index (χ2n) is 5.66. The van der Waals surface area contributed by atoms with Crippen molar-refractivity contribution < 1.29 is 5.11 Å². The van der Waals surface area contributed by atoms with E-state index in [1.807, 2.05) is 25.1 Å². The van der Waals surface area contributed by atoms with Gasteiger partial charge in [0.15, 0.2) is 0 Å². The van der Waals surface area contributed by atoms with E-state index in [1.165, 1.54) is 12.8 Å². The zero-order valence-corrected chi connectivity index (χ0v) is 12.8. The van der Waals surface area contributed by atoms with Crippen molar-refractivity contribution in [2.45, 2.75) is 52.6 Å². The molecule has 2 unspecified atom stereocenters. The molecule has 108 valence electrons. The largest absolute Gasteiger partial charge is 0.388 e. The molecule has 1 heterocycles. The van der Waals surface area contributed by atoms with Gasteiger partial charge in [0.05, 0.1) is 11.6 Å². The van der Waals surface area contributed by atoms with Crippen molar-refractivity contribution in [1.82, 2.24) is 4.98 Å². The average molecular weight is 271 g/mol. The van der Waals surface area contributed by atoms with Gasteiger partial charge in [-0.1, -0.05) is 45.2 Å². The molecule has 0 spiro atoms. The first-order valence-corrected chi connectivity index (χ1v) is 7.71. The minimum absolute atomic E-state index is 0.353. The molecule has 2 nitrogen and oxygen atoms in total. The van der Waals surface area contributed by atoms with Crippen molar-refractivity contribution in [3.05, 3.63) is 41.6 Å². The summed E-state index contributed by atoms with van der Waals surface area (Å²) in [4.78, 5) is 4.51. The number of aliphatic hydroxyl groups excluding tert-OH is 1. The molecule has 0 radical (unpaired) electrons. The maximum absolute atomic E-state index is 10.6. The molecule has 0 aliphatic rings. The minimum Gasteiger partial charge on any atom is -0.388 e. The summed E-state index contributed by atoms with van der Waals surface area (Å²) in [7, 11) is 0. The van der Waals surface area contributed by atoms with Gasteiger partial charge in [0, 0.05) is 11.1 Å². The Hall–Kier alpha value is -1.41. The van der Waals surface area contributed by atoms with Gasteiger partial charge in [0.2, 0.25) is 0 Å². The van der Waals surface area contributed by atoms with Crippen LogP contribution in [-0.2, 0) is 0 Å². The number of hydrogen-bond donors (Lipinski definition) is 1. The first-order chi connectivity index (χ1) is 9.65. The van der Waals surface area contributed by atoms with Crippen molar-refractivity contribution in [2.24, 2.45) is 5.92 Å². The molecule has 0 amide bonds. The van der Waals surface area contributed by atoms with Crippen molar-refractivity contribution in [1.29, 1.82) is 0 Å². The van der Waals surface area contributed by atoms with Gasteiger partial charge in [-0.3, -0.25) is 4.98 Å². The van der Waals surface area contributed by atoms with Crippen LogP contribution >= 0.6 is 0 Å². The molecule has 0 saturated carbocycles. The minimum atomic E-state index is -0.364. The van der Waals surface area contributed by atoms with E-state index in [1.54, 1.807) is 0 Å². The molecule has 2 aromatic rings. The van der Waals surface area contributed by atoms with E-state index >= 15 is 0 Å². The van der Waals surface area contributed by atoms with Gasteiger partial charge in [-0.05, 0) is 43.0 Å². The highest BCUT2D eigenvalue weighted by Crippen LogP contribution is 2.30. The zero-order valence-electron chi connectivity index (χ0n) is 12.8. The molecule has 2 atom stereocenters. The summed E-state index contributed by atoms with van der Waals surface area (Å²) in [5.74, 6) is 0.353. The molecule has 0 aliphatic carbocycles. The summed E-state index contributed by atoms with van der Waals surface area (Å²) in [6, 6.07) is 10.2. The van der Waals surface area contributed by atoms with Crippen LogP contribution in [0.4, 0.5) is 0 Å². The van der Waals surface area contributed by atoms with E-state index in [0.717, 1.165) is 35.0 Å². The Morgan fingerprint density at radius 3 is 2.65 bits per heavy atom. The predicted octanol–water partition coefficient (Wildman–Crippen LogP) is 4.79. The van der Waals surface area contributed by atoms with E-state index in [4.69, 9.17) is 0 Å². The number of aliphatic hydroxyl groups is 1. The number of nitrogens with zero attached hydrogens (tertiary/aromatic N) is 1. The number of aromatic nitrogens is 1. The summed E-state index contributed by atoms with van der Waals surface area (Å²) in [6.45, 7) is 6.36. The lowest BCUT2D eigenvalue weighted by atomic mass is 9.88. The number of unbranched alkanes of at least 4 members (excludes halogenated alkanes) is 1. The standard InChI is InChI=1S/C18H25NO/c1-4-6-7-14(5-2)18(20)16-10-11-17-15(12-16)9-8-13(3)19-17/h8-12,14,18,20H,4-7H2,1-3H3. The first kappa shape index (κ1) is 15.0. The highest BCUT2D eigenvalue weighted by Gasteiger charge is 2.19. The fourth-order valence-corrected chi connectivity index (χ4v) is 2.75. The van der Waals surface area contributed by atoms with Gasteiger partial charge in [0.25, 0.3) is 0 Å². The zero-order chi connectivity index (χ0) is 14.5. The van der Waals surface area contributed by atoms with Gasteiger partial charge in [-0.2, -0.15) is 0 Å². The van der Waals surface area contributed by atoms with E-state index in [0.29, 0.717) is 5.92 Å². The van der Waals surface area contributed by atoms with E-state index < -0.39 is 0 Å². The van der Waals surface area contributed by atoms with Crippen LogP contribution in [0.2, 0.25) is 0 Å². The molecule has 0 bridgehead atoms. The smallest absolute Gasteiger partial charge is 0.0818 e. The summed E-state index contributed by atoms with van der Waals surface area (Å²) < 4.78 is 0. The van der Waals surface area contributed by atoms with Crippen LogP contribution < -0.4 is 0 Å². The molecule has 2 rings (SSSR count). The van der Waals surface area contributed by atoms with E-state index in [9.17, 15) is 5.11 Å². The Bertz CT molecular complexity index is 564. The highest BCUT2D eigenvalue weighted by atomic mass is 16.3. The summed E-state index contributed by atoms with van der Waals surface area (Å²) in [6.07, 6.45) is 4.12. The molecule has 0 aliphatic heterocycles. The Labute approximate surface area is 121 Å². The Kier molecular flexibility index (Phi) is 5.13. The monoisotopic (exact) mass is 271 g/mol. The maximum atomic E-state index is 10.6.